The molecule has 1 aliphatic carbocycles. The zero-order valence-electron chi connectivity index (χ0n) is 21.5. The van der Waals surface area contributed by atoms with Gasteiger partial charge in [-0.25, -0.2) is 0 Å². The van der Waals surface area contributed by atoms with Gasteiger partial charge in [0.25, 0.3) is 0 Å². The van der Waals surface area contributed by atoms with Gasteiger partial charge in [0.1, 0.15) is 5.75 Å². The van der Waals surface area contributed by atoms with E-state index in [-0.39, 0.29) is 24.4 Å². The number of nitrogens with zero attached hydrogens (tertiary/aromatic N) is 1. The molecule has 0 bridgehead atoms. The Hall–Kier alpha value is -2.08. The average Bonchev–Trinajstić information content (AvgIpc) is 2.91. The predicted octanol–water partition coefficient (Wildman–Crippen LogP) is 6.40. The Morgan fingerprint density at radius 1 is 0.886 bits per heavy atom. The van der Waals surface area contributed by atoms with Gasteiger partial charge in [-0.3, -0.25) is 0 Å². The van der Waals surface area contributed by atoms with E-state index >= 15 is 0 Å². The quantitative estimate of drug-likeness (QED) is 0.486. The molecular formula is C30H41NO4. The molecule has 0 amide bonds. The second kappa shape index (κ2) is 10.9. The molecule has 1 saturated carbocycles. The molecule has 5 heteroatoms. The summed E-state index contributed by atoms with van der Waals surface area (Å²) in [7, 11) is 3.46. The van der Waals surface area contributed by atoms with Crippen LogP contribution in [0.25, 0.3) is 0 Å². The zero-order chi connectivity index (χ0) is 24.4. The molecule has 0 unspecified atom stereocenters. The molecule has 1 saturated heterocycles. The normalized spacial score (nSPS) is 26.2. The molecule has 2 aliphatic heterocycles. The lowest BCUT2D eigenvalue weighted by Gasteiger charge is -2.43. The third-order valence-corrected chi connectivity index (χ3v) is 8.65. The molecule has 35 heavy (non-hydrogen) atoms. The molecule has 2 fully saturated rings. The predicted molar refractivity (Wildman–Crippen MR) is 139 cm³/mol. The fourth-order valence-electron chi connectivity index (χ4n) is 6.78. The Labute approximate surface area is 210 Å². The number of ether oxygens (including phenoxy) is 3. The van der Waals surface area contributed by atoms with Crippen LogP contribution in [0.3, 0.4) is 0 Å². The van der Waals surface area contributed by atoms with Crippen LogP contribution in [0.15, 0.2) is 42.5 Å². The van der Waals surface area contributed by atoms with Gasteiger partial charge in [0, 0.05) is 44.8 Å². The molecule has 190 valence electrons. The number of benzene rings is 2. The van der Waals surface area contributed by atoms with Crippen LogP contribution < -0.4 is 4.90 Å². The van der Waals surface area contributed by atoms with Crippen LogP contribution in [0.1, 0.15) is 80.6 Å². The molecule has 0 radical (unpaired) electrons. The number of phenolic OH excluding ortho intramolecular Hbond substituents is 1. The Morgan fingerprint density at radius 2 is 1.57 bits per heavy atom. The summed E-state index contributed by atoms with van der Waals surface area (Å²) in [6, 6.07) is 15.1. The van der Waals surface area contributed by atoms with E-state index in [1.165, 1.54) is 48.9 Å². The van der Waals surface area contributed by atoms with Gasteiger partial charge in [0.2, 0.25) is 0 Å². The summed E-state index contributed by atoms with van der Waals surface area (Å²) < 4.78 is 17.7. The molecule has 5 nitrogen and oxygen atoms in total. The standard InChI is InChI=1S/C30H41NO4/c1-20-27-19-25(32)13-14-26(27)28(29(35-20)22-7-5-4-6-8-22)21-9-11-24(12-10-21)31-17-15-23(16-18-31)30(33-2)34-3/h9-14,19-20,22-23,28-30,32H,4-8,15-18H2,1-3H3/t20-,28+,29-/m0/s1. The van der Waals surface area contributed by atoms with Crippen molar-refractivity contribution >= 4 is 5.69 Å². The largest absolute Gasteiger partial charge is 0.508 e. The van der Waals surface area contributed by atoms with Crippen molar-refractivity contribution in [1.82, 2.24) is 0 Å². The van der Waals surface area contributed by atoms with E-state index in [0.29, 0.717) is 17.6 Å². The summed E-state index contributed by atoms with van der Waals surface area (Å²) in [5.41, 5.74) is 5.04. The summed E-state index contributed by atoms with van der Waals surface area (Å²) in [5, 5.41) is 10.2. The Kier molecular flexibility index (Phi) is 7.66. The Bertz CT molecular complexity index is 959. The summed E-state index contributed by atoms with van der Waals surface area (Å²) in [6.45, 7) is 4.17. The van der Waals surface area contributed by atoms with Crippen LogP contribution in [0, 0.1) is 11.8 Å². The van der Waals surface area contributed by atoms with E-state index in [2.05, 4.69) is 42.2 Å². The van der Waals surface area contributed by atoms with Crippen molar-refractivity contribution in [2.75, 3.05) is 32.2 Å². The number of anilines is 1. The molecule has 3 aliphatic rings. The highest BCUT2D eigenvalue weighted by Gasteiger charge is 2.40. The number of piperidine rings is 1. The number of methoxy groups -OCH3 is 2. The van der Waals surface area contributed by atoms with Crippen molar-refractivity contribution < 1.29 is 19.3 Å². The van der Waals surface area contributed by atoms with E-state index in [4.69, 9.17) is 14.2 Å². The zero-order valence-corrected chi connectivity index (χ0v) is 21.5. The number of rotatable bonds is 6. The van der Waals surface area contributed by atoms with Crippen molar-refractivity contribution in [3.8, 4) is 5.75 Å². The van der Waals surface area contributed by atoms with E-state index in [1.807, 2.05) is 12.1 Å². The van der Waals surface area contributed by atoms with Crippen LogP contribution in [-0.2, 0) is 14.2 Å². The maximum absolute atomic E-state index is 10.2. The van der Waals surface area contributed by atoms with Gasteiger partial charge >= 0.3 is 0 Å². The van der Waals surface area contributed by atoms with Gasteiger partial charge in [0.05, 0.1) is 12.2 Å². The maximum Gasteiger partial charge on any atom is 0.159 e. The molecule has 0 aromatic heterocycles. The van der Waals surface area contributed by atoms with Crippen molar-refractivity contribution in [1.29, 1.82) is 0 Å². The highest BCUT2D eigenvalue weighted by molar-refractivity contribution is 5.51. The SMILES string of the molecule is COC(OC)C1CCN(c2ccc([C@@H]3c4ccc(O)cc4[C@H](C)O[C@H]3C3CCCCC3)cc2)CC1. The van der Waals surface area contributed by atoms with Gasteiger partial charge in [-0.05, 0) is 79.5 Å². The first-order valence-electron chi connectivity index (χ1n) is 13.5. The van der Waals surface area contributed by atoms with E-state index in [1.54, 1.807) is 14.2 Å². The minimum absolute atomic E-state index is 0.00359. The van der Waals surface area contributed by atoms with Gasteiger partial charge in [0.15, 0.2) is 6.29 Å². The first-order valence-corrected chi connectivity index (χ1v) is 13.5. The first-order chi connectivity index (χ1) is 17.1. The number of phenols is 1. The third-order valence-electron chi connectivity index (χ3n) is 8.65. The van der Waals surface area contributed by atoms with E-state index in [0.717, 1.165) is 31.5 Å². The third kappa shape index (κ3) is 5.09. The van der Waals surface area contributed by atoms with Crippen molar-refractivity contribution in [3.05, 3.63) is 59.2 Å². The number of fused-ring (bicyclic) bond motifs is 1. The fourth-order valence-corrected chi connectivity index (χ4v) is 6.78. The lowest BCUT2D eigenvalue weighted by atomic mass is 9.72. The van der Waals surface area contributed by atoms with Crippen LogP contribution in [0.4, 0.5) is 5.69 Å². The first kappa shape index (κ1) is 24.6. The van der Waals surface area contributed by atoms with Crippen molar-refractivity contribution in [3.63, 3.8) is 0 Å². The van der Waals surface area contributed by atoms with E-state index in [9.17, 15) is 5.11 Å². The van der Waals surface area contributed by atoms with Crippen LogP contribution in [-0.4, -0.2) is 44.8 Å². The lowest BCUT2D eigenvalue weighted by molar-refractivity contribution is -0.141. The Morgan fingerprint density at radius 3 is 2.23 bits per heavy atom. The smallest absolute Gasteiger partial charge is 0.159 e. The van der Waals surface area contributed by atoms with Gasteiger partial charge < -0.3 is 24.2 Å². The second-order valence-electron chi connectivity index (χ2n) is 10.7. The van der Waals surface area contributed by atoms with Crippen LogP contribution in [0.2, 0.25) is 0 Å². The Balaban J connectivity index is 1.38. The molecule has 2 aromatic carbocycles. The highest BCUT2D eigenvalue weighted by atomic mass is 16.7. The molecule has 3 atom stereocenters. The molecular weight excluding hydrogens is 438 g/mol. The number of aromatic hydroxyl groups is 1. The van der Waals surface area contributed by atoms with Gasteiger partial charge in [-0.1, -0.05) is 37.5 Å². The summed E-state index contributed by atoms with van der Waals surface area (Å²) in [4.78, 5) is 2.48. The van der Waals surface area contributed by atoms with Gasteiger partial charge in [-0.2, -0.15) is 0 Å². The molecule has 1 N–H and O–H groups in total. The average molecular weight is 480 g/mol. The minimum Gasteiger partial charge on any atom is -0.508 e. The number of hydrogen-bond donors (Lipinski definition) is 1. The fraction of sp³-hybridized carbons (Fsp3) is 0.600. The molecule has 5 rings (SSSR count). The van der Waals surface area contributed by atoms with Crippen molar-refractivity contribution in [2.45, 2.75) is 76.3 Å². The highest BCUT2D eigenvalue weighted by Crippen LogP contribution is 2.47. The monoisotopic (exact) mass is 479 g/mol. The summed E-state index contributed by atoms with van der Waals surface area (Å²) in [5.74, 6) is 1.56. The van der Waals surface area contributed by atoms with E-state index < -0.39 is 0 Å². The number of hydrogen-bond acceptors (Lipinski definition) is 5. The maximum atomic E-state index is 10.2. The summed E-state index contributed by atoms with van der Waals surface area (Å²) in [6.07, 6.45) is 8.67. The molecule has 0 spiro atoms. The van der Waals surface area contributed by atoms with Crippen molar-refractivity contribution in [2.24, 2.45) is 11.8 Å². The van der Waals surface area contributed by atoms with Crippen LogP contribution >= 0.6 is 0 Å². The molecule has 2 aromatic rings. The second-order valence-corrected chi connectivity index (χ2v) is 10.7. The minimum atomic E-state index is -0.107. The lowest BCUT2D eigenvalue weighted by Crippen LogP contribution is -2.39. The van der Waals surface area contributed by atoms with Gasteiger partial charge in [-0.15, -0.1) is 0 Å². The topological polar surface area (TPSA) is 51.2 Å². The van der Waals surface area contributed by atoms with Crippen LogP contribution in [0.5, 0.6) is 5.75 Å². The molecule has 2 heterocycles. The summed E-state index contributed by atoms with van der Waals surface area (Å²) >= 11 is 0.